The maximum atomic E-state index is 12.5. The lowest BCUT2D eigenvalue weighted by Gasteiger charge is -2.24. The van der Waals surface area contributed by atoms with Crippen LogP contribution in [0.15, 0.2) is 48.0 Å². The molecule has 1 aromatic carbocycles. The highest BCUT2D eigenvalue weighted by molar-refractivity contribution is 7.93. The molecule has 7 nitrogen and oxygen atoms in total. The number of amides is 1. The smallest absolute Gasteiger partial charge is 0.258 e. The van der Waals surface area contributed by atoms with E-state index in [9.17, 15) is 13.2 Å². The van der Waals surface area contributed by atoms with Crippen molar-refractivity contribution < 1.29 is 17.9 Å². The van der Waals surface area contributed by atoms with E-state index >= 15 is 0 Å². The molecule has 2 aromatic rings. The molecular formula is C19H21N3O4S. The van der Waals surface area contributed by atoms with Crippen molar-refractivity contribution in [3.8, 4) is 11.6 Å². The van der Waals surface area contributed by atoms with E-state index < -0.39 is 15.7 Å². The molecule has 0 aliphatic heterocycles. The van der Waals surface area contributed by atoms with Gasteiger partial charge in [-0.25, -0.2) is 13.4 Å². The fourth-order valence-electron chi connectivity index (χ4n) is 2.55. The molecule has 27 heavy (non-hydrogen) atoms. The highest BCUT2D eigenvalue weighted by atomic mass is 32.2. The number of rotatable bonds is 7. The quantitative estimate of drug-likeness (QED) is 0.784. The van der Waals surface area contributed by atoms with Gasteiger partial charge in [0.05, 0.1) is 0 Å². The molecule has 3 rings (SSSR count). The van der Waals surface area contributed by atoms with Crippen LogP contribution >= 0.6 is 0 Å². The van der Waals surface area contributed by atoms with Crippen molar-refractivity contribution in [1.29, 1.82) is 0 Å². The second kappa shape index (κ2) is 8.30. The number of hydrogen-bond donors (Lipinski definition) is 1. The number of sulfone groups is 1. The van der Waals surface area contributed by atoms with Crippen LogP contribution in [0.3, 0.4) is 0 Å². The molecule has 0 spiro atoms. The van der Waals surface area contributed by atoms with E-state index in [0.29, 0.717) is 17.5 Å². The summed E-state index contributed by atoms with van der Waals surface area (Å²) in [6, 6.07) is 9.09. The average molecular weight is 387 g/mol. The van der Waals surface area contributed by atoms with Gasteiger partial charge in [-0.3, -0.25) is 4.79 Å². The van der Waals surface area contributed by atoms with Gasteiger partial charge in [0.1, 0.15) is 17.1 Å². The number of benzene rings is 1. The standard InChI is InChI=1S/C19H21N3O4S/c1-27(24,25)12-6-11-20-18(23)16-13-21-17(14-7-5-8-14)22-19(16)26-15-9-3-2-4-10-15/h2-4,6,9-10,12-14H,5,7-8,11H2,1H3,(H,20,23). The molecule has 0 saturated heterocycles. The first-order valence-electron chi connectivity index (χ1n) is 8.67. The molecule has 1 N–H and O–H groups in total. The molecule has 1 amide bonds. The molecule has 1 aliphatic rings. The average Bonchev–Trinajstić information content (AvgIpc) is 2.57. The Kier molecular flexibility index (Phi) is 5.85. The van der Waals surface area contributed by atoms with E-state index in [0.717, 1.165) is 30.9 Å². The summed E-state index contributed by atoms with van der Waals surface area (Å²) in [6.45, 7) is 0.0705. The first kappa shape index (κ1) is 19.0. The summed E-state index contributed by atoms with van der Waals surface area (Å²) in [7, 11) is -3.23. The van der Waals surface area contributed by atoms with Crippen molar-refractivity contribution in [2.45, 2.75) is 25.2 Å². The van der Waals surface area contributed by atoms with Crippen molar-refractivity contribution in [3.63, 3.8) is 0 Å². The SMILES string of the molecule is CS(=O)(=O)C=CCNC(=O)c1cnc(C2CCC2)nc1Oc1ccccc1. The van der Waals surface area contributed by atoms with Gasteiger partial charge in [-0.2, -0.15) is 4.98 Å². The Morgan fingerprint density at radius 2 is 2.04 bits per heavy atom. The second-order valence-electron chi connectivity index (χ2n) is 6.40. The zero-order valence-electron chi connectivity index (χ0n) is 15.0. The van der Waals surface area contributed by atoms with Gasteiger partial charge >= 0.3 is 0 Å². The monoisotopic (exact) mass is 387 g/mol. The minimum atomic E-state index is -3.23. The molecular weight excluding hydrogens is 366 g/mol. The molecule has 1 heterocycles. The van der Waals surface area contributed by atoms with Crippen LogP contribution in [0.4, 0.5) is 0 Å². The van der Waals surface area contributed by atoms with Crippen molar-refractivity contribution >= 4 is 15.7 Å². The summed E-state index contributed by atoms with van der Waals surface area (Å²) < 4.78 is 28.0. The topological polar surface area (TPSA) is 98.2 Å². The van der Waals surface area contributed by atoms with Gasteiger partial charge in [0, 0.05) is 30.3 Å². The maximum absolute atomic E-state index is 12.5. The van der Waals surface area contributed by atoms with E-state index in [1.54, 1.807) is 12.1 Å². The first-order chi connectivity index (χ1) is 12.9. The molecule has 1 fully saturated rings. The summed E-state index contributed by atoms with van der Waals surface area (Å²) in [4.78, 5) is 21.3. The normalized spacial score (nSPS) is 14.7. The van der Waals surface area contributed by atoms with Gasteiger partial charge in [-0.05, 0) is 25.0 Å². The molecule has 142 valence electrons. The predicted octanol–water partition coefficient (Wildman–Crippen LogP) is 2.82. The number of nitrogens with zero attached hydrogens (tertiary/aromatic N) is 2. The highest BCUT2D eigenvalue weighted by Gasteiger charge is 2.25. The molecule has 1 saturated carbocycles. The lowest BCUT2D eigenvalue weighted by Crippen LogP contribution is -2.25. The van der Waals surface area contributed by atoms with E-state index in [-0.39, 0.29) is 18.0 Å². The minimum Gasteiger partial charge on any atom is -0.438 e. The third kappa shape index (κ3) is 5.37. The summed E-state index contributed by atoms with van der Waals surface area (Å²) >= 11 is 0. The zero-order valence-corrected chi connectivity index (χ0v) is 15.8. The molecule has 8 heteroatoms. The van der Waals surface area contributed by atoms with Crippen molar-refractivity contribution in [2.75, 3.05) is 12.8 Å². The van der Waals surface area contributed by atoms with Crippen LogP contribution in [0, 0.1) is 0 Å². The second-order valence-corrected chi connectivity index (χ2v) is 8.33. The molecule has 0 bridgehead atoms. The summed E-state index contributed by atoms with van der Waals surface area (Å²) in [5.41, 5.74) is 0.203. The van der Waals surface area contributed by atoms with E-state index in [2.05, 4.69) is 15.3 Å². The van der Waals surface area contributed by atoms with Crippen molar-refractivity contribution in [1.82, 2.24) is 15.3 Å². The Balaban J connectivity index is 1.79. The van der Waals surface area contributed by atoms with Crippen LogP contribution < -0.4 is 10.1 Å². The third-order valence-electron chi connectivity index (χ3n) is 4.17. The molecule has 0 unspecified atom stereocenters. The predicted molar refractivity (Wildman–Crippen MR) is 101 cm³/mol. The van der Waals surface area contributed by atoms with Gasteiger partial charge in [0.25, 0.3) is 5.91 Å². The minimum absolute atomic E-state index is 0.0705. The highest BCUT2D eigenvalue weighted by Crippen LogP contribution is 2.35. The molecule has 0 radical (unpaired) electrons. The fourth-order valence-corrected chi connectivity index (χ4v) is 2.99. The Bertz CT molecular complexity index is 939. The van der Waals surface area contributed by atoms with Crippen molar-refractivity contribution in [3.05, 3.63) is 59.4 Å². The Labute approximate surface area is 158 Å². The van der Waals surface area contributed by atoms with Gasteiger partial charge < -0.3 is 10.1 Å². The largest absolute Gasteiger partial charge is 0.438 e. The van der Waals surface area contributed by atoms with E-state index in [1.165, 1.54) is 12.3 Å². The Hall–Kier alpha value is -2.74. The van der Waals surface area contributed by atoms with Crippen molar-refractivity contribution in [2.24, 2.45) is 0 Å². The van der Waals surface area contributed by atoms with Gasteiger partial charge in [-0.1, -0.05) is 30.7 Å². The Morgan fingerprint density at radius 3 is 2.67 bits per heavy atom. The summed E-state index contributed by atoms with van der Waals surface area (Å²) in [6.07, 6.45) is 7.14. The Morgan fingerprint density at radius 1 is 1.30 bits per heavy atom. The summed E-state index contributed by atoms with van der Waals surface area (Å²) in [5, 5.41) is 3.67. The van der Waals surface area contributed by atoms with Crippen LogP contribution in [0.2, 0.25) is 0 Å². The lowest BCUT2D eigenvalue weighted by molar-refractivity contribution is 0.0954. The van der Waals surface area contributed by atoms with Gasteiger partial charge in [0.2, 0.25) is 5.88 Å². The number of ether oxygens (including phenoxy) is 1. The molecule has 0 atom stereocenters. The third-order valence-corrected chi connectivity index (χ3v) is 4.86. The van der Waals surface area contributed by atoms with Crippen LogP contribution in [0.1, 0.15) is 41.4 Å². The summed E-state index contributed by atoms with van der Waals surface area (Å²) in [5.74, 6) is 1.32. The van der Waals surface area contributed by atoms with Crippen LogP contribution in [-0.2, 0) is 9.84 Å². The number of hydrogen-bond acceptors (Lipinski definition) is 6. The number of para-hydroxylation sites is 1. The van der Waals surface area contributed by atoms with E-state index in [1.807, 2.05) is 18.2 Å². The fraction of sp³-hybridized carbons (Fsp3) is 0.316. The maximum Gasteiger partial charge on any atom is 0.258 e. The zero-order chi connectivity index (χ0) is 19.3. The lowest BCUT2D eigenvalue weighted by atomic mass is 9.85. The van der Waals surface area contributed by atoms with Crippen LogP contribution in [0.25, 0.3) is 0 Å². The first-order valence-corrected chi connectivity index (χ1v) is 10.6. The number of nitrogens with one attached hydrogen (secondary N) is 1. The van der Waals surface area contributed by atoms with Gasteiger partial charge in [-0.15, -0.1) is 0 Å². The number of aromatic nitrogens is 2. The van der Waals surface area contributed by atoms with Crippen LogP contribution in [0.5, 0.6) is 11.6 Å². The number of carbonyl (C=O) groups is 1. The van der Waals surface area contributed by atoms with Gasteiger partial charge in [0.15, 0.2) is 9.84 Å². The molecule has 1 aliphatic carbocycles. The van der Waals surface area contributed by atoms with E-state index in [4.69, 9.17) is 4.74 Å². The van der Waals surface area contributed by atoms with Crippen LogP contribution in [-0.4, -0.2) is 37.1 Å². The molecule has 1 aromatic heterocycles. The number of carbonyl (C=O) groups excluding carboxylic acids is 1.